The summed E-state index contributed by atoms with van der Waals surface area (Å²) in [6.45, 7) is 0.494. The van der Waals surface area contributed by atoms with Gasteiger partial charge in [-0.05, 0) is 74.2 Å². The number of amides is 2. The van der Waals surface area contributed by atoms with Crippen molar-refractivity contribution in [1.29, 1.82) is 0 Å². The Hall–Kier alpha value is -5.13. The molecule has 18 heteroatoms. The maximum Gasteiger partial charge on any atom is 0.573 e. The number of carboxylic acid groups (broad SMARTS) is 1. The van der Waals surface area contributed by atoms with Gasteiger partial charge in [-0.25, -0.2) is 18.4 Å². The van der Waals surface area contributed by atoms with Gasteiger partial charge in [0.1, 0.15) is 17.2 Å². The normalized spacial score (nSPS) is 16.5. The van der Waals surface area contributed by atoms with Gasteiger partial charge in [0.15, 0.2) is 37.6 Å². The fourth-order valence-electron chi connectivity index (χ4n) is 5.42. The lowest BCUT2D eigenvalue weighted by molar-refractivity contribution is -0.274. The van der Waals surface area contributed by atoms with Crippen LogP contribution in [0.4, 0.5) is 24.8 Å². The van der Waals surface area contributed by atoms with Crippen LogP contribution in [0.15, 0.2) is 53.4 Å². The number of rotatable bonds is 8. The van der Waals surface area contributed by atoms with E-state index in [-0.39, 0.29) is 52.5 Å². The topological polar surface area (TPSA) is 208 Å². The minimum absolute atomic E-state index is 0.129. The van der Waals surface area contributed by atoms with Crippen LogP contribution in [0.5, 0.6) is 17.2 Å². The first-order valence-corrected chi connectivity index (χ1v) is 15.7. The fraction of sp³-hybridized carbons (Fsp3) is 0.345. The average Bonchev–Trinajstić information content (AvgIpc) is 3.57. The number of carbonyl (C=O) groups excluding carboxylic acids is 2. The van der Waals surface area contributed by atoms with E-state index in [1.165, 1.54) is 29.2 Å². The molecule has 0 saturated carbocycles. The molecule has 250 valence electrons. The number of benzene rings is 2. The summed E-state index contributed by atoms with van der Waals surface area (Å²) in [6.07, 6.45) is -4.12. The van der Waals surface area contributed by atoms with Crippen LogP contribution in [-0.2, 0) is 14.6 Å². The third-order valence-corrected chi connectivity index (χ3v) is 10.4. The zero-order chi connectivity index (χ0) is 34.1. The first-order chi connectivity index (χ1) is 22.1. The van der Waals surface area contributed by atoms with E-state index >= 15 is 0 Å². The number of aromatic nitrogens is 2. The summed E-state index contributed by atoms with van der Waals surface area (Å²) in [6, 6.07) is 9.35. The van der Waals surface area contributed by atoms with Gasteiger partial charge in [0, 0.05) is 26.2 Å². The van der Waals surface area contributed by atoms with Gasteiger partial charge in [-0.3, -0.25) is 14.4 Å². The highest BCUT2D eigenvalue weighted by Gasteiger charge is 2.54. The SMILES string of the molecule is Nc1nc(C(=O)N2CCC(C(=O)O)(S(=O)(=O)c3ccc(Oc4ccc(OC(F)(F)F)cc4)cc3)CC2)c(N)nc1C(=O)N1CCCC1. The highest BCUT2D eigenvalue weighted by molar-refractivity contribution is 7.93. The molecule has 2 aliphatic rings. The number of ether oxygens (including phenoxy) is 2. The number of nitrogen functional groups attached to an aromatic ring is 2. The lowest BCUT2D eigenvalue weighted by Gasteiger charge is -2.38. The second-order valence-electron chi connectivity index (χ2n) is 10.9. The molecule has 2 fully saturated rings. The molecule has 2 aliphatic heterocycles. The number of aliphatic carboxylic acids is 1. The largest absolute Gasteiger partial charge is 0.573 e. The molecule has 0 spiro atoms. The third kappa shape index (κ3) is 6.72. The molecule has 14 nitrogen and oxygen atoms in total. The van der Waals surface area contributed by atoms with Crippen LogP contribution < -0.4 is 20.9 Å². The molecular formula is C29H29F3N6O8S. The Labute approximate surface area is 266 Å². The highest BCUT2D eigenvalue weighted by atomic mass is 32.2. The minimum atomic E-state index is -4.86. The van der Waals surface area contributed by atoms with Gasteiger partial charge in [0.25, 0.3) is 11.8 Å². The van der Waals surface area contributed by atoms with Crippen LogP contribution in [0, 0.1) is 0 Å². The molecule has 5 N–H and O–H groups in total. The summed E-state index contributed by atoms with van der Waals surface area (Å²) in [5.74, 6) is -3.64. The second kappa shape index (κ2) is 12.6. The standard InChI is InChI=1S/C29H29F3N6O8S/c30-29(31,32)46-19-5-3-17(4-6-19)45-18-7-9-20(10-8-18)47(43,44)28(27(41)42)11-15-38(16-12-28)26(40)22-24(34)35-21(23(33)36-22)25(39)37-13-1-2-14-37/h3-10H,1-2,11-16H2,(H2,33,36)(H2,34,35)(H,41,42). The first-order valence-electron chi connectivity index (χ1n) is 14.2. The number of piperidine rings is 1. The first kappa shape index (κ1) is 33.2. The van der Waals surface area contributed by atoms with Crippen molar-refractivity contribution in [3.63, 3.8) is 0 Å². The molecule has 0 bridgehead atoms. The number of nitrogens with zero attached hydrogens (tertiary/aromatic N) is 4. The minimum Gasteiger partial charge on any atom is -0.480 e. The number of sulfone groups is 1. The summed E-state index contributed by atoms with van der Waals surface area (Å²) >= 11 is 0. The molecule has 0 unspecified atom stereocenters. The van der Waals surface area contributed by atoms with Crippen molar-refractivity contribution in [1.82, 2.24) is 19.8 Å². The molecule has 5 rings (SSSR count). The Kier molecular flexibility index (Phi) is 8.90. The van der Waals surface area contributed by atoms with Crippen LogP contribution >= 0.6 is 0 Å². The summed E-state index contributed by atoms with van der Waals surface area (Å²) in [5, 5.41) is 10.1. The van der Waals surface area contributed by atoms with E-state index in [2.05, 4.69) is 14.7 Å². The van der Waals surface area contributed by atoms with Gasteiger partial charge in [0.2, 0.25) is 0 Å². The third-order valence-electron chi connectivity index (χ3n) is 7.94. The number of likely N-dealkylation sites (tertiary alicyclic amines) is 2. The number of alkyl halides is 3. The smallest absolute Gasteiger partial charge is 0.480 e. The number of carboxylic acids is 1. The van der Waals surface area contributed by atoms with Crippen molar-refractivity contribution in [3.05, 3.63) is 59.9 Å². The Balaban J connectivity index is 1.28. The van der Waals surface area contributed by atoms with Gasteiger partial charge in [0.05, 0.1) is 4.90 Å². The van der Waals surface area contributed by atoms with Crippen molar-refractivity contribution >= 4 is 39.3 Å². The molecule has 2 amide bonds. The molecule has 3 heterocycles. The molecule has 2 aromatic carbocycles. The van der Waals surface area contributed by atoms with Crippen LogP contribution in [-0.4, -0.2) is 88.4 Å². The Morgan fingerprint density at radius 3 is 1.64 bits per heavy atom. The van der Waals surface area contributed by atoms with Crippen molar-refractivity contribution < 1.29 is 50.6 Å². The quantitative estimate of drug-likeness (QED) is 0.314. The van der Waals surface area contributed by atoms with Crippen molar-refractivity contribution in [2.24, 2.45) is 0 Å². The molecule has 0 aliphatic carbocycles. The predicted octanol–water partition coefficient (Wildman–Crippen LogP) is 3.10. The summed E-state index contributed by atoms with van der Waals surface area (Å²) in [7, 11) is -4.52. The Morgan fingerprint density at radius 1 is 0.766 bits per heavy atom. The van der Waals surface area contributed by atoms with E-state index in [4.69, 9.17) is 16.2 Å². The zero-order valence-electron chi connectivity index (χ0n) is 24.6. The van der Waals surface area contributed by atoms with Gasteiger partial charge in [-0.1, -0.05) is 0 Å². The molecule has 0 radical (unpaired) electrons. The predicted molar refractivity (Wildman–Crippen MR) is 158 cm³/mol. The molecule has 0 atom stereocenters. The van der Waals surface area contributed by atoms with Gasteiger partial charge in [-0.15, -0.1) is 13.2 Å². The molecule has 1 aromatic heterocycles. The molecular weight excluding hydrogens is 649 g/mol. The van der Waals surface area contributed by atoms with Crippen LogP contribution in [0.3, 0.4) is 0 Å². The van der Waals surface area contributed by atoms with E-state index < -0.39 is 57.3 Å². The monoisotopic (exact) mass is 678 g/mol. The second-order valence-corrected chi connectivity index (χ2v) is 13.1. The van der Waals surface area contributed by atoms with Gasteiger partial charge < -0.3 is 35.8 Å². The van der Waals surface area contributed by atoms with Crippen molar-refractivity contribution in [2.45, 2.75) is 41.7 Å². The summed E-state index contributed by atoms with van der Waals surface area (Å²) in [4.78, 5) is 49.0. The van der Waals surface area contributed by atoms with E-state index in [0.717, 1.165) is 37.1 Å². The number of carbonyl (C=O) groups is 3. The van der Waals surface area contributed by atoms with Gasteiger partial charge in [-0.2, -0.15) is 0 Å². The van der Waals surface area contributed by atoms with Crippen LogP contribution in [0.1, 0.15) is 46.7 Å². The average molecular weight is 679 g/mol. The van der Waals surface area contributed by atoms with Gasteiger partial charge >= 0.3 is 12.3 Å². The number of hydrogen-bond acceptors (Lipinski definition) is 11. The summed E-state index contributed by atoms with van der Waals surface area (Å²) < 4.78 is 71.6. The van der Waals surface area contributed by atoms with Crippen LogP contribution in [0.25, 0.3) is 0 Å². The lowest BCUT2D eigenvalue weighted by atomic mass is 9.95. The Bertz CT molecular complexity index is 1790. The molecule has 3 aromatic rings. The number of halogens is 3. The maximum atomic E-state index is 13.7. The fourth-order valence-corrected chi connectivity index (χ4v) is 7.32. The van der Waals surface area contributed by atoms with E-state index in [1.54, 1.807) is 4.90 Å². The number of anilines is 2. The maximum absolute atomic E-state index is 13.7. The molecule has 47 heavy (non-hydrogen) atoms. The van der Waals surface area contributed by atoms with E-state index in [1.807, 2.05) is 0 Å². The van der Waals surface area contributed by atoms with E-state index in [0.29, 0.717) is 13.1 Å². The van der Waals surface area contributed by atoms with E-state index in [9.17, 15) is 41.1 Å². The highest BCUT2D eigenvalue weighted by Crippen LogP contribution is 2.37. The number of nitrogens with two attached hydrogens (primary N) is 2. The number of hydrogen-bond donors (Lipinski definition) is 3. The Morgan fingerprint density at radius 2 is 1.19 bits per heavy atom. The summed E-state index contributed by atoms with van der Waals surface area (Å²) in [5.41, 5.74) is 11.4. The molecule has 2 saturated heterocycles. The lowest BCUT2D eigenvalue weighted by Crippen LogP contribution is -2.55. The van der Waals surface area contributed by atoms with Crippen LogP contribution in [0.2, 0.25) is 0 Å². The zero-order valence-corrected chi connectivity index (χ0v) is 25.4. The van der Waals surface area contributed by atoms with Crippen molar-refractivity contribution in [3.8, 4) is 17.2 Å². The van der Waals surface area contributed by atoms with Crippen molar-refractivity contribution in [2.75, 3.05) is 37.6 Å².